The molecule has 0 bridgehead atoms. The standard InChI is InChI=1S/C10H18BrNO2/c1-7-4-5-12(6-8(7)13)9(14)10(2,3)11/h7-8,13H,4-6H2,1-3H3. The van der Waals surface area contributed by atoms with Crippen LogP contribution in [0.25, 0.3) is 0 Å². The Kier molecular flexibility index (Phi) is 3.58. The van der Waals surface area contributed by atoms with Crippen LogP contribution in [0.3, 0.4) is 0 Å². The molecule has 1 aliphatic rings. The maximum absolute atomic E-state index is 11.8. The molecule has 82 valence electrons. The van der Waals surface area contributed by atoms with Crippen LogP contribution in [0.1, 0.15) is 27.2 Å². The van der Waals surface area contributed by atoms with E-state index in [0.717, 1.165) is 13.0 Å². The fourth-order valence-corrected chi connectivity index (χ4v) is 1.86. The average molecular weight is 264 g/mol. The topological polar surface area (TPSA) is 40.5 Å². The number of hydrogen-bond donors (Lipinski definition) is 1. The first-order chi connectivity index (χ1) is 6.32. The van der Waals surface area contributed by atoms with Crippen LogP contribution in [-0.2, 0) is 4.79 Å². The van der Waals surface area contributed by atoms with Crippen LogP contribution in [0.4, 0.5) is 0 Å². The molecule has 0 aromatic heterocycles. The molecule has 0 aromatic rings. The van der Waals surface area contributed by atoms with Gasteiger partial charge in [0.15, 0.2) is 0 Å². The highest BCUT2D eigenvalue weighted by Gasteiger charge is 2.33. The van der Waals surface area contributed by atoms with Gasteiger partial charge in [0.2, 0.25) is 5.91 Å². The number of amides is 1. The summed E-state index contributed by atoms with van der Waals surface area (Å²) in [6, 6.07) is 0. The summed E-state index contributed by atoms with van der Waals surface area (Å²) in [6.45, 7) is 6.91. The van der Waals surface area contributed by atoms with Gasteiger partial charge in [-0.15, -0.1) is 0 Å². The molecule has 0 aromatic carbocycles. The fraction of sp³-hybridized carbons (Fsp3) is 0.900. The van der Waals surface area contributed by atoms with Crippen molar-refractivity contribution in [3.8, 4) is 0 Å². The number of carbonyl (C=O) groups excluding carboxylic acids is 1. The van der Waals surface area contributed by atoms with Gasteiger partial charge in [-0.05, 0) is 26.2 Å². The first-order valence-corrected chi connectivity index (χ1v) is 5.78. The summed E-state index contributed by atoms with van der Waals surface area (Å²) in [5.74, 6) is 0.362. The third kappa shape index (κ3) is 2.70. The van der Waals surface area contributed by atoms with E-state index in [-0.39, 0.29) is 12.0 Å². The molecule has 14 heavy (non-hydrogen) atoms. The van der Waals surface area contributed by atoms with E-state index in [1.54, 1.807) is 4.90 Å². The summed E-state index contributed by atoms with van der Waals surface area (Å²) in [5.41, 5.74) is 0. The fourth-order valence-electron chi connectivity index (χ4n) is 1.61. The molecule has 0 aliphatic carbocycles. The Morgan fingerprint density at radius 1 is 1.57 bits per heavy atom. The first-order valence-electron chi connectivity index (χ1n) is 4.98. The van der Waals surface area contributed by atoms with Crippen molar-refractivity contribution in [2.24, 2.45) is 5.92 Å². The Balaban J connectivity index is 2.59. The molecule has 1 rings (SSSR count). The van der Waals surface area contributed by atoms with Crippen molar-refractivity contribution in [1.29, 1.82) is 0 Å². The van der Waals surface area contributed by atoms with Crippen molar-refractivity contribution in [2.75, 3.05) is 13.1 Å². The van der Waals surface area contributed by atoms with Crippen LogP contribution in [0.15, 0.2) is 0 Å². The number of aliphatic hydroxyl groups excluding tert-OH is 1. The Hall–Kier alpha value is -0.0900. The third-order valence-electron chi connectivity index (χ3n) is 2.71. The predicted octanol–water partition coefficient (Wildman–Crippen LogP) is 1.39. The first kappa shape index (κ1) is 12.0. The van der Waals surface area contributed by atoms with Crippen LogP contribution in [0, 0.1) is 5.92 Å². The Morgan fingerprint density at radius 2 is 2.14 bits per heavy atom. The highest BCUT2D eigenvalue weighted by atomic mass is 79.9. The number of carbonyl (C=O) groups is 1. The van der Waals surface area contributed by atoms with E-state index in [2.05, 4.69) is 15.9 Å². The van der Waals surface area contributed by atoms with Crippen LogP contribution in [0.5, 0.6) is 0 Å². The summed E-state index contributed by atoms with van der Waals surface area (Å²) in [5, 5.41) is 9.65. The summed E-state index contributed by atoms with van der Waals surface area (Å²) >= 11 is 3.34. The molecule has 3 nitrogen and oxygen atoms in total. The van der Waals surface area contributed by atoms with Crippen molar-refractivity contribution in [3.63, 3.8) is 0 Å². The van der Waals surface area contributed by atoms with Gasteiger partial charge in [0.25, 0.3) is 0 Å². The number of β-amino-alcohol motifs (C(OH)–C–C–N with tert-alkyl or cyclic N) is 1. The van der Waals surface area contributed by atoms with E-state index in [4.69, 9.17) is 0 Å². The SMILES string of the molecule is CC1CCN(C(=O)C(C)(C)Br)CC1O. The monoisotopic (exact) mass is 263 g/mol. The molecular formula is C10H18BrNO2. The van der Waals surface area contributed by atoms with Gasteiger partial charge in [-0.25, -0.2) is 0 Å². The Bertz CT molecular complexity index is 225. The van der Waals surface area contributed by atoms with Gasteiger partial charge in [-0.2, -0.15) is 0 Å². The highest BCUT2D eigenvalue weighted by molar-refractivity contribution is 9.10. The van der Waals surface area contributed by atoms with Gasteiger partial charge in [0.1, 0.15) is 0 Å². The van der Waals surface area contributed by atoms with Crippen molar-refractivity contribution in [1.82, 2.24) is 4.90 Å². The molecule has 0 saturated carbocycles. The largest absolute Gasteiger partial charge is 0.391 e. The molecule has 4 heteroatoms. The van der Waals surface area contributed by atoms with E-state index in [1.807, 2.05) is 20.8 Å². The second-order valence-corrected chi connectivity index (χ2v) is 6.54. The molecule has 1 N–H and O–H groups in total. The molecule has 1 amide bonds. The van der Waals surface area contributed by atoms with Gasteiger partial charge < -0.3 is 10.0 Å². The molecule has 2 atom stereocenters. The predicted molar refractivity (Wildman–Crippen MR) is 59.4 cm³/mol. The van der Waals surface area contributed by atoms with Crippen LogP contribution in [-0.4, -0.2) is 39.4 Å². The smallest absolute Gasteiger partial charge is 0.238 e. The summed E-state index contributed by atoms with van der Waals surface area (Å²) in [7, 11) is 0. The molecule has 1 aliphatic heterocycles. The number of aliphatic hydroxyl groups is 1. The lowest BCUT2D eigenvalue weighted by Crippen LogP contribution is -2.50. The minimum Gasteiger partial charge on any atom is -0.391 e. The van der Waals surface area contributed by atoms with E-state index in [0.29, 0.717) is 12.5 Å². The molecule has 0 spiro atoms. The lowest BCUT2D eigenvalue weighted by atomic mass is 9.95. The molecule has 2 unspecified atom stereocenters. The van der Waals surface area contributed by atoms with E-state index >= 15 is 0 Å². The molecule has 1 fully saturated rings. The number of halogens is 1. The van der Waals surface area contributed by atoms with Crippen LogP contribution < -0.4 is 0 Å². The van der Waals surface area contributed by atoms with Gasteiger partial charge in [-0.1, -0.05) is 22.9 Å². The number of likely N-dealkylation sites (tertiary alicyclic amines) is 1. The molecule has 1 heterocycles. The summed E-state index contributed by atoms with van der Waals surface area (Å²) < 4.78 is -0.521. The van der Waals surface area contributed by atoms with Crippen LogP contribution in [0.2, 0.25) is 0 Å². The van der Waals surface area contributed by atoms with Gasteiger partial charge in [0, 0.05) is 13.1 Å². The second-order valence-electron chi connectivity index (χ2n) is 4.56. The average Bonchev–Trinajstić information content (AvgIpc) is 2.07. The number of rotatable bonds is 1. The van der Waals surface area contributed by atoms with Crippen molar-refractivity contribution < 1.29 is 9.90 Å². The van der Waals surface area contributed by atoms with Crippen molar-refractivity contribution >= 4 is 21.8 Å². The van der Waals surface area contributed by atoms with E-state index < -0.39 is 4.32 Å². The number of hydrogen-bond acceptors (Lipinski definition) is 2. The number of nitrogens with zero attached hydrogens (tertiary/aromatic N) is 1. The minimum atomic E-state index is -0.521. The maximum atomic E-state index is 11.8. The number of piperidine rings is 1. The van der Waals surface area contributed by atoms with Gasteiger partial charge >= 0.3 is 0 Å². The summed E-state index contributed by atoms with van der Waals surface area (Å²) in [4.78, 5) is 13.6. The zero-order chi connectivity index (χ0) is 10.9. The molecule has 1 saturated heterocycles. The summed E-state index contributed by atoms with van der Waals surface area (Å²) in [6.07, 6.45) is 0.512. The quantitative estimate of drug-likeness (QED) is 0.727. The van der Waals surface area contributed by atoms with Gasteiger partial charge in [0.05, 0.1) is 10.4 Å². The zero-order valence-corrected chi connectivity index (χ0v) is 10.5. The Morgan fingerprint density at radius 3 is 2.57 bits per heavy atom. The molecule has 0 radical (unpaired) electrons. The number of alkyl halides is 1. The second kappa shape index (κ2) is 4.19. The molecular weight excluding hydrogens is 246 g/mol. The highest BCUT2D eigenvalue weighted by Crippen LogP contribution is 2.24. The normalized spacial score (nSPS) is 29.1. The van der Waals surface area contributed by atoms with Crippen LogP contribution >= 0.6 is 15.9 Å². The maximum Gasteiger partial charge on any atom is 0.238 e. The van der Waals surface area contributed by atoms with E-state index in [1.165, 1.54) is 0 Å². The lowest BCUT2D eigenvalue weighted by molar-refractivity contribution is -0.137. The zero-order valence-electron chi connectivity index (χ0n) is 8.96. The van der Waals surface area contributed by atoms with Crippen molar-refractivity contribution in [2.45, 2.75) is 37.6 Å². The minimum absolute atomic E-state index is 0.0588. The van der Waals surface area contributed by atoms with Gasteiger partial charge in [-0.3, -0.25) is 4.79 Å². The third-order valence-corrected chi connectivity index (χ3v) is 3.05. The lowest BCUT2D eigenvalue weighted by Gasteiger charge is -2.36. The Labute approximate surface area is 93.6 Å². The van der Waals surface area contributed by atoms with E-state index in [9.17, 15) is 9.90 Å². The van der Waals surface area contributed by atoms with Crippen molar-refractivity contribution in [3.05, 3.63) is 0 Å².